The first-order valence-electron chi connectivity index (χ1n) is 6.53. The van der Waals surface area contributed by atoms with Crippen LogP contribution in [0.25, 0.3) is 6.08 Å². The number of carboxylic acid groups (broad SMARTS) is 1. The van der Waals surface area contributed by atoms with Crippen LogP contribution in [0.1, 0.15) is 29.0 Å². The minimum atomic E-state index is -0.925. The number of aliphatic hydroxyl groups is 1. The molecule has 0 aliphatic carbocycles. The van der Waals surface area contributed by atoms with Crippen molar-refractivity contribution in [2.24, 2.45) is 0 Å². The van der Waals surface area contributed by atoms with Gasteiger partial charge in [-0.25, -0.2) is 4.79 Å². The van der Waals surface area contributed by atoms with Gasteiger partial charge in [-0.15, -0.1) is 11.3 Å². The number of aliphatic hydroxyl groups excluding tert-OH is 1. The highest BCUT2D eigenvalue weighted by Crippen LogP contribution is 2.24. The Morgan fingerprint density at radius 2 is 2.32 bits per heavy atom. The van der Waals surface area contributed by atoms with E-state index in [4.69, 9.17) is 5.11 Å². The molecule has 0 radical (unpaired) electrons. The highest BCUT2D eigenvalue weighted by molar-refractivity contribution is 7.12. The Kier molecular flexibility index (Phi) is 5.13. The van der Waals surface area contributed by atoms with Gasteiger partial charge in [0, 0.05) is 28.4 Å². The number of aliphatic carboxylic acids is 1. The zero-order valence-corrected chi connectivity index (χ0v) is 11.6. The van der Waals surface area contributed by atoms with Gasteiger partial charge in [0.1, 0.15) is 0 Å². The van der Waals surface area contributed by atoms with Gasteiger partial charge in [-0.1, -0.05) is 6.42 Å². The van der Waals surface area contributed by atoms with Crippen molar-refractivity contribution in [2.75, 3.05) is 13.2 Å². The molecule has 1 atom stereocenters. The van der Waals surface area contributed by atoms with Crippen molar-refractivity contribution < 1.29 is 15.0 Å². The molecule has 1 aliphatic heterocycles. The summed E-state index contributed by atoms with van der Waals surface area (Å²) < 4.78 is 0. The molecule has 0 spiro atoms. The van der Waals surface area contributed by atoms with E-state index in [0.717, 1.165) is 30.5 Å². The first-order chi connectivity index (χ1) is 9.19. The number of nitrogens with zero attached hydrogens (tertiary/aromatic N) is 1. The molecular weight excluding hydrogens is 262 g/mol. The van der Waals surface area contributed by atoms with Gasteiger partial charge in [-0.2, -0.15) is 0 Å². The number of carbonyl (C=O) groups is 1. The van der Waals surface area contributed by atoms with Crippen LogP contribution in [0, 0.1) is 0 Å². The Bertz CT molecular complexity index is 455. The molecule has 1 aromatic rings. The fraction of sp³-hybridized carbons (Fsp3) is 0.500. The average Bonchev–Trinajstić information content (AvgIpc) is 2.85. The third kappa shape index (κ3) is 4.16. The van der Waals surface area contributed by atoms with Gasteiger partial charge in [-0.05, 0) is 37.6 Å². The van der Waals surface area contributed by atoms with E-state index >= 15 is 0 Å². The maximum Gasteiger partial charge on any atom is 0.328 e. The Morgan fingerprint density at radius 1 is 1.47 bits per heavy atom. The van der Waals surface area contributed by atoms with Crippen molar-refractivity contribution in [1.29, 1.82) is 0 Å². The minimum Gasteiger partial charge on any atom is -0.478 e. The van der Waals surface area contributed by atoms with Crippen molar-refractivity contribution in [2.45, 2.75) is 31.8 Å². The summed E-state index contributed by atoms with van der Waals surface area (Å²) in [6, 6.07) is 4.25. The van der Waals surface area contributed by atoms with Gasteiger partial charge < -0.3 is 10.2 Å². The summed E-state index contributed by atoms with van der Waals surface area (Å²) in [6.45, 7) is 2.09. The van der Waals surface area contributed by atoms with Crippen LogP contribution in [0.4, 0.5) is 0 Å². The minimum absolute atomic E-state index is 0.219. The van der Waals surface area contributed by atoms with E-state index in [1.54, 1.807) is 17.4 Å². The third-order valence-electron chi connectivity index (χ3n) is 3.39. The SMILES string of the molecule is O=C(O)/C=C/c1ccc(CN2CCCCC2CO)s1. The van der Waals surface area contributed by atoms with Crippen LogP contribution in [0.15, 0.2) is 18.2 Å². The van der Waals surface area contributed by atoms with E-state index < -0.39 is 5.97 Å². The van der Waals surface area contributed by atoms with E-state index in [-0.39, 0.29) is 12.6 Å². The van der Waals surface area contributed by atoms with Crippen LogP contribution >= 0.6 is 11.3 Å². The molecule has 1 unspecified atom stereocenters. The van der Waals surface area contributed by atoms with Crippen molar-refractivity contribution in [3.63, 3.8) is 0 Å². The molecule has 0 aromatic carbocycles. The summed E-state index contributed by atoms with van der Waals surface area (Å²) in [6.07, 6.45) is 6.23. The normalized spacial score (nSPS) is 21.0. The maximum atomic E-state index is 10.5. The first-order valence-corrected chi connectivity index (χ1v) is 7.35. The number of thiophene rings is 1. The number of carboxylic acids is 1. The van der Waals surface area contributed by atoms with Gasteiger partial charge in [0.15, 0.2) is 0 Å². The molecule has 0 bridgehead atoms. The van der Waals surface area contributed by atoms with Crippen LogP contribution in [0.2, 0.25) is 0 Å². The molecule has 2 rings (SSSR count). The molecule has 104 valence electrons. The number of piperidine rings is 1. The maximum absolute atomic E-state index is 10.5. The Morgan fingerprint density at radius 3 is 3.05 bits per heavy atom. The molecule has 0 amide bonds. The topological polar surface area (TPSA) is 60.8 Å². The van der Waals surface area contributed by atoms with Gasteiger partial charge in [0.2, 0.25) is 0 Å². The second kappa shape index (κ2) is 6.84. The lowest BCUT2D eigenvalue weighted by Crippen LogP contribution is -2.40. The van der Waals surface area contributed by atoms with E-state index in [0.29, 0.717) is 0 Å². The largest absolute Gasteiger partial charge is 0.478 e. The number of hydrogen-bond donors (Lipinski definition) is 2. The van der Waals surface area contributed by atoms with Gasteiger partial charge in [-0.3, -0.25) is 4.90 Å². The highest BCUT2D eigenvalue weighted by Gasteiger charge is 2.21. The van der Waals surface area contributed by atoms with E-state index in [9.17, 15) is 9.90 Å². The predicted octanol–water partition coefficient (Wildman–Crippen LogP) is 2.19. The lowest BCUT2D eigenvalue weighted by molar-refractivity contribution is -0.131. The van der Waals surface area contributed by atoms with E-state index in [2.05, 4.69) is 4.90 Å². The molecule has 4 nitrogen and oxygen atoms in total. The zero-order valence-electron chi connectivity index (χ0n) is 10.8. The average molecular weight is 281 g/mol. The van der Waals surface area contributed by atoms with E-state index in [1.807, 2.05) is 12.1 Å². The summed E-state index contributed by atoms with van der Waals surface area (Å²) >= 11 is 1.61. The molecule has 1 aromatic heterocycles. The lowest BCUT2D eigenvalue weighted by atomic mass is 10.0. The Hall–Kier alpha value is -1.17. The molecule has 19 heavy (non-hydrogen) atoms. The Labute approximate surface area is 117 Å². The third-order valence-corrected chi connectivity index (χ3v) is 4.43. The number of rotatable bonds is 5. The van der Waals surface area contributed by atoms with Crippen molar-refractivity contribution in [3.05, 3.63) is 28.0 Å². The molecular formula is C14H19NO3S. The quantitative estimate of drug-likeness (QED) is 0.812. The molecule has 5 heteroatoms. The second-order valence-corrected chi connectivity index (χ2v) is 5.98. The van der Waals surface area contributed by atoms with Gasteiger partial charge in [0.25, 0.3) is 0 Å². The van der Waals surface area contributed by atoms with Crippen LogP contribution in [-0.4, -0.2) is 40.3 Å². The van der Waals surface area contributed by atoms with Crippen LogP contribution in [0.5, 0.6) is 0 Å². The van der Waals surface area contributed by atoms with Crippen molar-refractivity contribution in [3.8, 4) is 0 Å². The lowest BCUT2D eigenvalue weighted by Gasteiger charge is -2.34. The second-order valence-electron chi connectivity index (χ2n) is 4.78. The van der Waals surface area contributed by atoms with Crippen LogP contribution in [0.3, 0.4) is 0 Å². The van der Waals surface area contributed by atoms with Crippen molar-refractivity contribution >= 4 is 23.4 Å². The number of hydrogen-bond acceptors (Lipinski definition) is 4. The van der Waals surface area contributed by atoms with Crippen LogP contribution in [-0.2, 0) is 11.3 Å². The van der Waals surface area contributed by atoms with Gasteiger partial charge in [0.05, 0.1) is 6.61 Å². The standard InChI is InChI=1S/C14H19NO3S/c16-10-11-3-1-2-8-15(11)9-13-5-4-12(19-13)6-7-14(17)18/h4-7,11,16H,1-3,8-10H2,(H,17,18)/b7-6+. The first kappa shape index (κ1) is 14.2. The zero-order chi connectivity index (χ0) is 13.7. The number of likely N-dealkylation sites (tertiary alicyclic amines) is 1. The molecule has 1 saturated heterocycles. The van der Waals surface area contributed by atoms with Gasteiger partial charge >= 0.3 is 5.97 Å². The fourth-order valence-corrected chi connectivity index (χ4v) is 3.34. The summed E-state index contributed by atoms with van der Waals surface area (Å²) in [5, 5.41) is 18.0. The summed E-state index contributed by atoms with van der Waals surface area (Å²) in [5.74, 6) is -0.925. The monoisotopic (exact) mass is 281 g/mol. The fourth-order valence-electron chi connectivity index (χ4n) is 2.40. The van der Waals surface area contributed by atoms with Crippen LogP contribution < -0.4 is 0 Å². The molecule has 1 fully saturated rings. The smallest absolute Gasteiger partial charge is 0.328 e. The summed E-state index contributed by atoms with van der Waals surface area (Å²) in [4.78, 5) is 14.9. The Balaban J connectivity index is 1.97. The predicted molar refractivity (Wildman–Crippen MR) is 76.1 cm³/mol. The van der Waals surface area contributed by atoms with E-state index in [1.165, 1.54) is 17.7 Å². The highest BCUT2D eigenvalue weighted by atomic mass is 32.1. The molecule has 2 heterocycles. The molecule has 0 saturated carbocycles. The van der Waals surface area contributed by atoms with Crippen molar-refractivity contribution in [1.82, 2.24) is 4.90 Å². The molecule has 1 aliphatic rings. The summed E-state index contributed by atoms with van der Waals surface area (Å²) in [5.41, 5.74) is 0. The molecule has 2 N–H and O–H groups in total. The summed E-state index contributed by atoms with van der Waals surface area (Å²) in [7, 11) is 0.